The normalized spacial score (nSPS) is 19.7. The first kappa shape index (κ1) is 42.4. The van der Waals surface area contributed by atoms with Crippen molar-refractivity contribution in [2.45, 2.75) is 50.9 Å². The fourth-order valence-electron chi connectivity index (χ4n) is 11.1. The Bertz CT molecular complexity index is 3340. The summed E-state index contributed by atoms with van der Waals surface area (Å²) in [5.41, 5.74) is 21.6. The van der Waals surface area contributed by atoms with E-state index < -0.39 is 0 Å². The molecule has 3 heteroatoms. The van der Waals surface area contributed by atoms with Crippen LogP contribution < -0.4 is 0 Å². The second kappa shape index (κ2) is 18.9. The van der Waals surface area contributed by atoms with Gasteiger partial charge in [-0.05, 0) is 129 Å². The Morgan fingerprint density at radius 1 is 0.435 bits per heavy atom. The summed E-state index contributed by atoms with van der Waals surface area (Å²) >= 11 is 0. The minimum atomic E-state index is 0.0952. The quantitative estimate of drug-likeness (QED) is 0.145. The molecule has 6 aliphatic carbocycles. The molecule has 12 rings (SSSR count). The average Bonchev–Trinajstić information content (AvgIpc) is 3.61. The first-order valence-corrected chi connectivity index (χ1v) is 24.7. The van der Waals surface area contributed by atoms with Crippen molar-refractivity contribution < 1.29 is 0 Å². The molecule has 6 aromatic rings. The zero-order chi connectivity index (χ0) is 45.9. The third-order valence-corrected chi connectivity index (χ3v) is 14.5. The van der Waals surface area contributed by atoms with Gasteiger partial charge < -0.3 is 0 Å². The van der Waals surface area contributed by atoms with Gasteiger partial charge in [-0.3, -0.25) is 0 Å². The van der Waals surface area contributed by atoms with Crippen LogP contribution in [0, 0.1) is 5.92 Å². The third-order valence-electron chi connectivity index (χ3n) is 14.5. The first-order valence-electron chi connectivity index (χ1n) is 24.7. The molecule has 2 atom stereocenters. The number of fused-ring (bicyclic) bond motifs is 1. The van der Waals surface area contributed by atoms with E-state index in [1.807, 2.05) is 18.2 Å². The van der Waals surface area contributed by atoms with Crippen LogP contribution in [0.15, 0.2) is 264 Å². The maximum absolute atomic E-state index is 5.21. The number of aromatic nitrogens is 3. The molecule has 0 aliphatic heterocycles. The van der Waals surface area contributed by atoms with Gasteiger partial charge in [0.15, 0.2) is 17.5 Å². The first-order chi connectivity index (χ1) is 34.2. The van der Waals surface area contributed by atoms with E-state index in [1.54, 1.807) is 0 Å². The van der Waals surface area contributed by atoms with Crippen LogP contribution in [-0.2, 0) is 0 Å². The standard InChI is InChI=1S/C66H53N3/c1-2-9-21-47(20-8-1)59-44-60(62(50-24-12-4-13-25-50)63(51-26-14-5-15-27-51)61(59)49-22-10-3-11-23-49)48-36-32-45(33-37-48)46-34-38-53(39-35-46)65-67-64(52-28-16-6-17-29-52)68-66(69-65)56-41-40-55-42-54-30-18-7-19-31-57(54)58(55)43-56/h1,4-10,12-29,31-39,43-44,61,63H,2-3,11,30,40-42H2. The monoisotopic (exact) mass is 887 g/mol. The summed E-state index contributed by atoms with van der Waals surface area (Å²) in [7, 11) is 0. The zero-order valence-corrected chi connectivity index (χ0v) is 38.8. The topological polar surface area (TPSA) is 38.7 Å². The van der Waals surface area contributed by atoms with E-state index in [2.05, 4.69) is 206 Å². The maximum atomic E-state index is 5.21. The Balaban J connectivity index is 0.922. The molecule has 1 heterocycles. The highest BCUT2D eigenvalue weighted by molar-refractivity contribution is 6.01. The van der Waals surface area contributed by atoms with Crippen molar-refractivity contribution in [1.29, 1.82) is 0 Å². The van der Waals surface area contributed by atoms with Crippen LogP contribution in [0.5, 0.6) is 0 Å². The van der Waals surface area contributed by atoms with Crippen molar-refractivity contribution in [3.05, 3.63) is 286 Å². The smallest absolute Gasteiger partial charge is 0.164 e. The van der Waals surface area contributed by atoms with Crippen molar-refractivity contribution in [3.8, 4) is 33.9 Å². The summed E-state index contributed by atoms with van der Waals surface area (Å²) in [6.07, 6.45) is 39.5. The van der Waals surface area contributed by atoms with E-state index in [0.29, 0.717) is 11.6 Å². The van der Waals surface area contributed by atoms with E-state index in [4.69, 9.17) is 15.0 Å². The van der Waals surface area contributed by atoms with Crippen molar-refractivity contribution >= 4 is 16.7 Å². The summed E-state index contributed by atoms with van der Waals surface area (Å²) in [4.78, 5) is 15.4. The average molecular weight is 888 g/mol. The molecule has 3 nitrogen and oxygen atoms in total. The Morgan fingerprint density at radius 3 is 1.83 bits per heavy atom. The molecule has 69 heavy (non-hydrogen) atoms. The number of hydrogen-bond acceptors (Lipinski definition) is 3. The van der Waals surface area contributed by atoms with Gasteiger partial charge in [-0.1, -0.05) is 224 Å². The molecular formula is C66H53N3. The predicted octanol–water partition coefficient (Wildman–Crippen LogP) is 16.5. The molecule has 0 spiro atoms. The van der Waals surface area contributed by atoms with Crippen molar-refractivity contribution in [2.75, 3.05) is 0 Å². The molecule has 2 unspecified atom stereocenters. The number of nitrogens with zero attached hydrogens (tertiary/aromatic N) is 3. The van der Waals surface area contributed by atoms with Gasteiger partial charge in [0.2, 0.25) is 0 Å². The van der Waals surface area contributed by atoms with E-state index in [0.717, 1.165) is 73.0 Å². The molecule has 0 fully saturated rings. The van der Waals surface area contributed by atoms with Crippen LogP contribution in [0.1, 0.15) is 73.4 Å². The summed E-state index contributed by atoms with van der Waals surface area (Å²) in [5, 5.41) is 0. The molecule has 0 saturated heterocycles. The molecule has 0 saturated carbocycles. The van der Waals surface area contributed by atoms with Crippen LogP contribution in [0.4, 0.5) is 0 Å². The van der Waals surface area contributed by atoms with Crippen LogP contribution in [0.25, 0.3) is 50.6 Å². The van der Waals surface area contributed by atoms with Crippen LogP contribution in [0.3, 0.4) is 0 Å². The van der Waals surface area contributed by atoms with E-state index >= 15 is 0 Å². The van der Waals surface area contributed by atoms with Gasteiger partial charge in [-0.15, -0.1) is 0 Å². The SMILES string of the molecule is C1=CCC=CC(C2=CC(c3ccc(-c4ccc(-c5nc(C6=CC7=C(CC6)CC6=C7C=CC=CC6)nc(-c6ccccc6)n5)cc4)cc3)=C(c3ccccc3)C(c3ccccc3)C2C2=CCCC=C2)=C1. The molecule has 332 valence electrons. The lowest BCUT2D eigenvalue weighted by atomic mass is 9.64. The Hall–Kier alpha value is -8.01. The van der Waals surface area contributed by atoms with Gasteiger partial charge in [0, 0.05) is 23.0 Å². The lowest BCUT2D eigenvalue weighted by Crippen LogP contribution is -2.24. The summed E-state index contributed by atoms with van der Waals surface area (Å²) in [6, 6.07) is 50.5. The van der Waals surface area contributed by atoms with Crippen LogP contribution >= 0.6 is 0 Å². The molecule has 0 bridgehead atoms. The van der Waals surface area contributed by atoms with Crippen molar-refractivity contribution in [3.63, 3.8) is 0 Å². The molecule has 1 aromatic heterocycles. The van der Waals surface area contributed by atoms with E-state index in [9.17, 15) is 0 Å². The van der Waals surface area contributed by atoms with Crippen LogP contribution in [0.2, 0.25) is 0 Å². The number of allylic oxidation sites excluding steroid dienone is 24. The lowest BCUT2D eigenvalue weighted by molar-refractivity contribution is 0.654. The highest BCUT2D eigenvalue weighted by Gasteiger charge is 2.38. The second-order valence-corrected chi connectivity index (χ2v) is 18.7. The molecule has 6 aliphatic rings. The molecule has 0 radical (unpaired) electrons. The van der Waals surface area contributed by atoms with Gasteiger partial charge in [0.05, 0.1) is 0 Å². The van der Waals surface area contributed by atoms with Crippen LogP contribution in [-0.4, -0.2) is 15.0 Å². The molecule has 0 amide bonds. The fourth-order valence-corrected chi connectivity index (χ4v) is 11.1. The Morgan fingerprint density at radius 2 is 1.10 bits per heavy atom. The number of benzene rings is 5. The second-order valence-electron chi connectivity index (χ2n) is 18.7. The van der Waals surface area contributed by atoms with Gasteiger partial charge in [-0.25, -0.2) is 15.0 Å². The van der Waals surface area contributed by atoms with Crippen molar-refractivity contribution in [1.82, 2.24) is 15.0 Å². The largest absolute Gasteiger partial charge is 0.209 e. The van der Waals surface area contributed by atoms with Crippen molar-refractivity contribution in [2.24, 2.45) is 5.92 Å². The summed E-state index contributed by atoms with van der Waals surface area (Å²) in [6.45, 7) is 0. The van der Waals surface area contributed by atoms with Gasteiger partial charge in [0.25, 0.3) is 0 Å². The highest BCUT2D eigenvalue weighted by atomic mass is 15.0. The van der Waals surface area contributed by atoms with Gasteiger partial charge in [0.1, 0.15) is 0 Å². The predicted molar refractivity (Wildman–Crippen MR) is 286 cm³/mol. The van der Waals surface area contributed by atoms with E-state index in [1.165, 1.54) is 72.4 Å². The van der Waals surface area contributed by atoms with Gasteiger partial charge >= 0.3 is 0 Å². The summed E-state index contributed by atoms with van der Waals surface area (Å²) < 4.78 is 0. The summed E-state index contributed by atoms with van der Waals surface area (Å²) in [5.74, 6) is 2.38. The Labute approximate surface area is 406 Å². The Kier molecular flexibility index (Phi) is 11.6. The van der Waals surface area contributed by atoms with E-state index in [-0.39, 0.29) is 11.8 Å². The molecule has 0 N–H and O–H groups in total. The highest BCUT2D eigenvalue weighted by Crippen LogP contribution is 2.54. The lowest BCUT2D eigenvalue weighted by Gasteiger charge is -2.39. The minimum absolute atomic E-state index is 0.0952. The minimum Gasteiger partial charge on any atom is -0.209 e. The number of hydrogen-bond donors (Lipinski definition) is 0. The third kappa shape index (κ3) is 8.51. The zero-order valence-electron chi connectivity index (χ0n) is 38.8. The number of rotatable bonds is 9. The fraction of sp³-hybridized carbons (Fsp3) is 0.136. The maximum Gasteiger partial charge on any atom is 0.164 e. The molecular weight excluding hydrogens is 835 g/mol. The molecule has 5 aromatic carbocycles. The van der Waals surface area contributed by atoms with Gasteiger partial charge in [-0.2, -0.15) is 0 Å².